The monoisotopic (exact) mass is 354 g/mol. The Hall–Kier alpha value is -2.94. The molecule has 3 aromatic rings. The van der Waals surface area contributed by atoms with Crippen LogP contribution in [0.1, 0.15) is 32.6 Å². The van der Waals surface area contributed by atoms with Crippen molar-refractivity contribution in [3.05, 3.63) is 46.0 Å². The topological polar surface area (TPSA) is 142 Å². The van der Waals surface area contributed by atoms with E-state index < -0.39 is 5.91 Å². The van der Waals surface area contributed by atoms with Gasteiger partial charge in [0.2, 0.25) is 0 Å². The van der Waals surface area contributed by atoms with Gasteiger partial charge in [0.15, 0.2) is 0 Å². The predicted molar refractivity (Wildman–Crippen MR) is 96.8 cm³/mol. The molecule has 1 heterocycles. The van der Waals surface area contributed by atoms with Crippen molar-refractivity contribution in [1.29, 1.82) is 0 Å². The summed E-state index contributed by atoms with van der Waals surface area (Å²) < 4.78 is 0. The van der Waals surface area contributed by atoms with Gasteiger partial charge in [-0.2, -0.15) is 0 Å². The van der Waals surface area contributed by atoms with Gasteiger partial charge in [0.25, 0.3) is 5.91 Å². The first-order chi connectivity index (χ1) is 12.5. The SMILES string of the molecule is CN=Cc1c(CO)cc(CO)c2nc3c(C(N)=O)ccc(CO)c3nc12. The lowest BCUT2D eigenvalue weighted by molar-refractivity contribution is 0.100. The van der Waals surface area contributed by atoms with E-state index in [2.05, 4.69) is 15.0 Å². The molecule has 0 aliphatic rings. The number of carbonyl (C=O) groups excluding carboxylic acids is 1. The van der Waals surface area contributed by atoms with Crippen molar-refractivity contribution in [2.24, 2.45) is 10.7 Å². The van der Waals surface area contributed by atoms with E-state index in [-0.39, 0.29) is 30.9 Å². The van der Waals surface area contributed by atoms with E-state index in [4.69, 9.17) is 5.73 Å². The van der Waals surface area contributed by atoms with Crippen LogP contribution in [0.4, 0.5) is 0 Å². The van der Waals surface area contributed by atoms with Crippen molar-refractivity contribution in [2.45, 2.75) is 19.8 Å². The Balaban J connectivity index is 2.57. The van der Waals surface area contributed by atoms with Gasteiger partial charge in [0.05, 0.1) is 41.9 Å². The van der Waals surface area contributed by atoms with Gasteiger partial charge in [-0.1, -0.05) is 6.07 Å². The number of carbonyl (C=O) groups is 1. The van der Waals surface area contributed by atoms with Crippen LogP contribution < -0.4 is 5.73 Å². The quantitative estimate of drug-likeness (QED) is 0.386. The lowest BCUT2D eigenvalue weighted by Crippen LogP contribution is -2.13. The van der Waals surface area contributed by atoms with E-state index in [9.17, 15) is 20.1 Å². The molecule has 134 valence electrons. The molecule has 2 aromatic carbocycles. The highest BCUT2D eigenvalue weighted by Gasteiger charge is 2.18. The van der Waals surface area contributed by atoms with Crippen LogP contribution in [0.25, 0.3) is 22.1 Å². The molecule has 8 nitrogen and oxygen atoms in total. The number of fused-ring (bicyclic) bond motifs is 2. The van der Waals surface area contributed by atoms with E-state index in [0.29, 0.717) is 38.8 Å². The lowest BCUT2D eigenvalue weighted by Gasteiger charge is -2.14. The number of aliphatic imine (C=N–C) groups is 1. The van der Waals surface area contributed by atoms with Crippen molar-refractivity contribution in [2.75, 3.05) is 7.05 Å². The van der Waals surface area contributed by atoms with E-state index in [1.165, 1.54) is 6.07 Å². The third kappa shape index (κ3) is 2.80. The highest BCUT2D eigenvalue weighted by Crippen LogP contribution is 2.28. The Kier molecular flexibility index (Phi) is 4.90. The molecular formula is C18H18N4O4. The number of nitrogens with zero attached hydrogens (tertiary/aromatic N) is 3. The summed E-state index contributed by atoms with van der Waals surface area (Å²) in [4.78, 5) is 24.9. The van der Waals surface area contributed by atoms with Gasteiger partial charge >= 0.3 is 0 Å². The molecule has 0 spiro atoms. The average Bonchev–Trinajstić information content (AvgIpc) is 2.65. The van der Waals surface area contributed by atoms with Crippen molar-refractivity contribution >= 4 is 34.2 Å². The van der Waals surface area contributed by atoms with Gasteiger partial charge in [-0.3, -0.25) is 9.79 Å². The number of aliphatic hydroxyl groups is 3. The third-order valence-corrected chi connectivity index (χ3v) is 4.19. The lowest BCUT2D eigenvalue weighted by atomic mass is 10.0. The van der Waals surface area contributed by atoms with E-state index in [1.54, 1.807) is 25.4 Å². The van der Waals surface area contributed by atoms with Crippen LogP contribution in [0.2, 0.25) is 0 Å². The van der Waals surface area contributed by atoms with E-state index in [0.717, 1.165) is 0 Å². The summed E-state index contributed by atoms with van der Waals surface area (Å²) in [6.45, 7) is -0.878. The Morgan fingerprint density at radius 2 is 1.62 bits per heavy atom. The predicted octanol–water partition coefficient (Wildman–Crippen LogP) is 0.407. The Morgan fingerprint density at radius 1 is 1.00 bits per heavy atom. The molecule has 0 fully saturated rings. The molecule has 0 aliphatic carbocycles. The van der Waals surface area contributed by atoms with Gasteiger partial charge in [-0.15, -0.1) is 0 Å². The number of aliphatic hydroxyl groups excluding tert-OH is 3. The van der Waals surface area contributed by atoms with Gasteiger partial charge < -0.3 is 21.1 Å². The maximum Gasteiger partial charge on any atom is 0.250 e. The standard InChI is InChI=1S/C18H18N4O4/c1-20-5-13-10(7-24)4-11(8-25)15-17(13)21-14-9(6-23)2-3-12(18(19)26)16(14)22-15/h2-5,23-25H,6-8H2,1H3,(H2,19,26). The minimum atomic E-state index is -0.666. The number of hydrogen-bond acceptors (Lipinski definition) is 7. The Labute approximate surface area is 148 Å². The molecule has 5 N–H and O–H groups in total. The minimum Gasteiger partial charge on any atom is -0.392 e. The van der Waals surface area contributed by atoms with Gasteiger partial charge in [0, 0.05) is 30.0 Å². The number of rotatable bonds is 5. The van der Waals surface area contributed by atoms with Crippen molar-refractivity contribution in [3.8, 4) is 0 Å². The number of nitrogens with two attached hydrogens (primary N) is 1. The summed E-state index contributed by atoms with van der Waals surface area (Å²) in [5, 5.41) is 29.0. The van der Waals surface area contributed by atoms with Crippen LogP contribution in [-0.2, 0) is 19.8 Å². The summed E-state index contributed by atoms with van der Waals surface area (Å²) in [6, 6.07) is 4.69. The van der Waals surface area contributed by atoms with E-state index >= 15 is 0 Å². The molecule has 0 atom stereocenters. The summed E-state index contributed by atoms with van der Waals surface area (Å²) in [7, 11) is 1.59. The van der Waals surface area contributed by atoms with Crippen LogP contribution in [-0.4, -0.2) is 44.5 Å². The van der Waals surface area contributed by atoms with Crippen molar-refractivity contribution < 1.29 is 20.1 Å². The van der Waals surface area contributed by atoms with Crippen LogP contribution >= 0.6 is 0 Å². The zero-order valence-corrected chi connectivity index (χ0v) is 14.1. The largest absolute Gasteiger partial charge is 0.392 e. The van der Waals surface area contributed by atoms with Crippen molar-refractivity contribution in [3.63, 3.8) is 0 Å². The first-order valence-corrected chi connectivity index (χ1v) is 7.88. The number of primary amides is 1. The maximum atomic E-state index is 11.8. The second-order valence-electron chi connectivity index (χ2n) is 5.72. The number of amides is 1. The fraction of sp³-hybridized carbons (Fsp3) is 0.222. The Morgan fingerprint density at radius 3 is 2.19 bits per heavy atom. The van der Waals surface area contributed by atoms with Gasteiger partial charge in [-0.25, -0.2) is 9.97 Å². The van der Waals surface area contributed by atoms with E-state index in [1.807, 2.05) is 0 Å². The molecule has 1 aromatic heterocycles. The maximum absolute atomic E-state index is 11.8. The number of aromatic nitrogens is 2. The zero-order chi connectivity index (χ0) is 18.8. The summed E-state index contributed by atoms with van der Waals surface area (Å²) >= 11 is 0. The molecule has 0 unspecified atom stereocenters. The second kappa shape index (κ2) is 7.12. The highest BCUT2D eigenvalue weighted by molar-refractivity contribution is 6.08. The van der Waals surface area contributed by atoms with Crippen LogP contribution in [0.5, 0.6) is 0 Å². The normalized spacial score (nSPS) is 11.7. The van der Waals surface area contributed by atoms with Crippen LogP contribution in [0.3, 0.4) is 0 Å². The fourth-order valence-corrected chi connectivity index (χ4v) is 2.96. The number of hydrogen-bond donors (Lipinski definition) is 4. The zero-order valence-electron chi connectivity index (χ0n) is 14.1. The van der Waals surface area contributed by atoms with Crippen LogP contribution in [0, 0.1) is 0 Å². The van der Waals surface area contributed by atoms with Crippen molar-refractivity contribution in [1.82, 2.24) is 9.97 Å². The molecule has 0 bridgehead atoms. The second-order valence-corrected chi connectivity index (χ2v) is 5.72. The molecule has 3 rings (SSSR count). The molecule has 8 heteroatoms. The smallest absolute Gasteiger partial charge is 0.250 e. The van der Waals surface area contributed by atoms with Gasteiger partial charge in [0.1, 0.15) is 5.52 Å². The third-order valence-electron chi connectivity index (χ3n) is 4.19. The minimum absolute atomic E-state index is 0.174. The Bertz CT molecular complexity index is 1050. The molecule has 1 amide bonds. The summed E-state index contributed by atoms with van der Waals surface area (Å²) in [6.07, 6.45) is 1.55. The molecular weight excluding hydrogens is 336 g/mol. The van der Waals surface area contributed by atoms with Crippen LogP contribution in [0.15, 0.2) is 23.2 Å². The molecule has 0 saturated heterocycles. The summed E-state index contributed by atoms with van der Waals surface area (Å²) in [5.74, 6) is -0.666. The fourth-order valence-electron chi connectivity index (χ4n) is 2.96. The summed E-state index contributed by atoms with van der Waals surface area (Å²) in [5.41, 5.74) is 9.03. The number of benzene rings is 2. The first kappa shape index (κ1) is 17.9. The molecule has 0 saturated carbocycles. The molecule has 0 aliphatic heterocycles. The average molecular weight is 354 g/mol. The van der Waals surface area contributed by atoms with Gasteiger partial charge in [-0.05, 0) is 17.7 Å². The highest BCUT2D eigenvalue weighted by atomic mass is 16.3. The molecule has 26 heavy (non-hydrogen) atoms. The molecule has 0 radical (unpaired) electrons. The first-order valence-electron chi connectivity index (χ1n) is 7.88.